The zero-order chi connectivity index (χ0) is 21.9. The van der Waals surface area contributed by atoms with Gasteiger partial charge in [-0.15, -0.1) is 0 Å². The van der Waals surface area contributed by atoms with Crippen LogP contribution in [0.1, 0.15) is 21.6 Å². The molecule has 0 aliphatic carbocycles. The van der Waals surface area contributed by atoms with Gasteiger partial charge < -0.3 is 10.1 Å². The second-order valence-corrected chi connectivity index (χ2v) is 7.92. The summed E-state index contributed by atoms with van der Waals surface area (Å²) < 4.78 is 59.5. The molecule has 0 radical (unpaired) electrons. The number of H-pyrrole nitrogens is 1. The topological polar surface area (TPSA) is 113 Å². The summed E-state index contributed by atoms with van der Waals surface area (Å²) in [5.74, 6) is -1.79. The Morgan fingerprint density at radius 3 is 2.37 bits per heavy atom. The SMILES string of the molecule is COc1ccc(NS(=O)(=O)c2n[nH]c(C)c2C(=O)NCc2cc(F)cc(F)c2)cc1. The van der Waals surface area contributed by atoms with E-state index in [4.69, 9.17) is 4.74 Å². The molecular formula is C19H18F2N4O4S. The lowest BCUT2D eigenvalue weighted by Gasteiger charge is -2.10. The Kier molecular flexibility index (Phi) is 6.01. The van der Waals surface area contributed by atoms with Crippen LogP contribution in [0.15, 0.2) is 47.5 Å². The number of anilines is 1. The van der Waals surface area contributed by atoms with E-state index >= 15 is 0 Å². The van der Waals surface area contributed by atoms with Crippen LogP contribution in [0.4, 0.5) is 14.5 Å². The van der Waals surface area contributed by atoms with Gasteiger partial charge in [0.1, 0.15) is 22.9 Å². The average Bonchev–Trinajstić information content (AvgIpc) is 3.08. The summed E-state index contributed by atoms with van der Waals surface area (Å²) >= 11 is 0. The highest BCUT2D eigenvalue weighted by atomic mass is 32.2. The number of halogens is 2. The third-order valence-electron chi connectivity index (χ3n) is 4.11. The molecule has 0 saturated carbocycles. The van der Waals surface area contributed by atoms with Crippen molar-refractivity contribution < 1.29 is 26.7 Å². The maximum Gasteiger partial charge on any atom is 0.282 e. The van der Waals surface area contributed by atoms with Crippen molar-refractivity contribution in [1.82, 2.24) is 15.5 Å². The highest BCUT2D eigenvalue weighted by Crippen LogP contribution is 2.22. The van der Waals surface area contributed by atoms with E-state index in [0.29, 0.717) is 11.8 Å². The molecule has 2 aromatic carbocycles. The van der Waals surface area contributed by atoms with Crippen molar-refractivity contribution in [2.24, 2.45) is 0 Å². The number of hydrogen-bond acceptors (Lipinski definition) is 5. The molecular weight excluding hydrogens is 418 g/mol. The van der Waals surface area contributed by atoms with Crippen molar-refractivity contribution in [3.63, 3.8) is 0 Å². The van der Waals surface area contributed by atoms with Crippen molar-refractivity contribution in [3.05, 3.63) is 70.9 Å². The normalized spacial score (nSPS) is 11.2. The van der Waals surface area contributed by atoms with E-state index in [2.05, 4.69) is 20.2 Å². The van der Waals surface area contributed by atoms with Gasteiger partial charge >= 0.3 is 0 Å². The number of carbonyl (C=O) groups excluding carboxylic acids is 1. The summed E-state index contributed by atoms with van der Waals surface area (Å²) in [7, 11) is -2.72. The number of carbonyl (C=O) groups is 1. The van der Waals surface area contributed by atoms with E-state index in [1.165, 1.54) is 26.2 Å². The fraction of sp³-hybridized carbons (Fsp3) is 0.158. The number of nitrogens with zero attached hydrogens (tertiary/aromatic N) is 1. The Morgan fingerprint density at radius 1 is 1.13 bits per heavy atom. The predicted octanol–water partition coefficient (Wildman–Crippen LogP) is 2.74. The Bertz CT molecular complexity index is 1160. The van der Waals surface area contributed by atoms with E-state index in [9.17, 15) is 22.0 Å². The molecule has 1 aromatic heterocycles. The number of nitrogens with one attached hydrogen (secondary N) is 3. The summed E-state index contributed by atoms with van der Waals surface area (Å²) in [6, 6.07) is 8.96. The molecule has 0 aliphatic heterocycles. The molecule has 3 N–H and O–H groups in total. The van der Waals surface area contributed by atoms with E-state index in [1.807, 2.05) is 0 Å². The van der Waals surface area contributed by atoms with Crippen LogP contribution in [0, 0.1) is 18.6 Å². The number of rotatable bonds is 7. The standard InChI is InChI=1S/C19H18F2N4O4S/c1-11-17(18(26)22-10-12-7-13(20)9-14(21)8-12)19(24-23-11)30(27,28)25-15-3-5-16(29-2)6-4-15/h3-9,25H,10H2,1-2H3,(H,22,26)(H,23,24). The number of aryl methyl sites for hydroxylation is 1. The van der Waals surface area contributed by atoms with Crippen LogP contribution in [0.2, 0.25) is 0 Å². The zero-order valence-electron chi connectivity index (χ0n) is 16.0. The van der Waals surface area contributed by atoms with Gasteiger partial charge in [-0.05, 0) is 48.9 Å². The summed E-state index contributed by atoms with van der Waals surface area (Å²) in [6.45, 7) is 1.28. The highest BCUT2D eigenvalue weighted by Gasteiger charge is 2.28. The predicted molar refractivity (Wildman–Crippen MR) is 105 cm³/mol. The van der Waals surface area contributed by atoms with Crippen LogP contribution in [0.5, 0.6) is 5.75 Å². The molecule has 0 bridgehead atoms. The summed E-state index contributed by atoms with van der Waals surface area (Å²) in [5, 5.41) is 8.16. The van der Waals surface area contributed by atoms with Crippen LogP contribution in [-0.2, 0) is 16.6 Å². The van der Waals surface area contributed by atoms with Crippen molar-refractivity contribution in [2.75, 3.05) is 11.8 Å². The van der Waals surface area contributed by atoms with Crippen molar-refractivity contribution in [2.45, 2.75) is 18.5 Å². The molecule has 30 heavy (non-hydrogen) atoms. The summed E-state index contributed by atoms with van der Waals surface area (Å²) in [4.78, 5) is 12.6. The lowest BCUT2D eigenvalue weighted by atomic mass is 10.2. The molecule has 8 nitrogen and oxygen atoms in total. The van der Waals surface area contributed by atoms with Gasteiger partial charge in [-0.2, -0.15) is 13.5 Å². The molecule has 1 heterocycles. The first-order valence-corrected chi connectivity index (χ1v) is 10.1. The monoisotopic (exact) mass is 436 g/mol. The first-order chi connectivity index (χ1) is 14.2. The van der Waals surface area contributed by atoms with Gasteiger partial charge in [0.2, 0.25) is 5.03 Å². The molecule has 3 rings (SSSR count). The number of methoxy groups -OCH3 is 1. The van der Waals surface area contributed by atoms with Crippen LogP contribution in [0.25, 0.3) is 0 Å². The van der Waals surface area contributed by atoms with Crippen LogP contribution >= 0.6 is 0 Å². The van der Waals surface area contributed by atoms with Gasteiger partial charge in [0, 0.05) is 24.0 Å². The number of sulfonamides is 1. The zero-order valence-corrected chi connectivity index (χ0v) is 16.8. The van der Waals surface area contributed by atoms with E-state index in [0.717, 1.165) is 12.1 Å². The number of aromatic nitrogens is 2. The quantitative estimate of drug-likeness (QED) is 0.527. The maximum absolute atomic E-state index is 13.3. The van der Waals surface area contributed by atoms with Gasteiger partial charge in [-0.1, -0.05) is 0 Å². The number of ether oxygens (including phenoxy) is 1. The lowest BCUT2D eigenvalue weighted by molar-refractivity contribution is 0.0947. The molecule has 0 aliphatic rings. The Labute approximate surface area is 171 Å². The smallest absolute Gasteiger partial charge is 0.282 e. The number of amides is 1. The van der Waals surface area contributed by atoms with Crippen molar-refractivity contribution >= 4 is 21.6 Å². The van der Waals surface area contributed by atoms with Crippen molar-refractivity contribution in [3.8, 4) is 5.75 Å². The first-order valence-electron chi connectivity index (χ1n) is 8.64. The first kappa shape index (κ1) is 21.2. The molecule has 3 aromatic rings. The van der Waals surface area contributed by atoms with E-state index in [1.54, 1.807) is 12.1 Å². The van der Waals surface area contributed by atoms with Crippen LogP contribution in [-0.4, -0.2) is 31.6 Å². The van der Waals surface area contributed by atoms with Gasteiger partial charge in [0.05, 0.1) is 7.11 Å². The van der Waals surface area contributed by atoms with E-state index in [-0.39, 0.29) is 29.1 Å². The molecule has 0 saturated heterocycles. The molecule has 0 atom stereocenters. The van der Waals surface area contributed by atoms with Gasteiger partial charge in [0.25, 0.3) is 15.9 Å². The highest BCUT2D eigenvalue weighted by molar-refractivity contribution is 7.92. The largest absolute Gasteiger partial charge is 0.497 e. The third-order valence-corrected chi connectivity index (χ3v) is 5.42. The van der Waals surface area contributed by atoms with E-state index < -0.39 is 32.6 Å². The van der Waals surface area contributed by atoms with Gasteiger partial charge in [0.15, 0.2) is 0 Å². The summed E-state index contributed by atoms with van der Waals surface area (Å²) in [6.07, 6.45) is 0. The minimum atomic E-state index is -4.20. The van der Waals surface area contributed by atoms with Crippen LogP contribution < -0.4 is 14.8 Å². The lowest BCUT2D eigenvalue weighted by Crippen LogP contribution is -2.26. The Balaban J connectivity index is 1.81. The third kappa shape index (κ3) is 4.74. The minimum Gasteiger partial charge on any atom is -0.497 e. The summed E-state index contributed by atoms with van der Waals surface area (Å²) in [5.41, 5.74) is 0.446. The average molecular weight is 436 g/mol. The molecule has 1 amide bonds. The second-order valence-electron chi connectivity index (χ2n) is 6.32. The number of benzene rings is 2. The van der Waals surface area contributed by atoms with Crippen LogP contribution in [0.3, 0.4) is 0 Å². The second kappa shape index (κ2) is 8.49. The molecule has 0 fully saturated rings. The molecule has 0 spiro atoms. The van der Waals surface area contributed by atoms with Gasteiger partial charge in [-0.3, -0.25) is 14.6 Å². The Hall–Kier alpha value is -3.47. The molecule has 0 unspecified atom stereocenters. The Morgan fingerprint density at radius 2 is 1.77 bits per heavy atom. The number of hydrogen-bond donors (Lipinski definition) is 3. The minimum absolute atomic E-state index is 0.183. The molecule has 158 valence electrons. The van der Waals surface area contributed by atoms with Crippen molar-refractivity contribution in [1.29, 1.82) is 0 Å². The fourth-order valence-corrected chi connectivity index (χ4v) is 3.94. The van der Waals surface area contributed by atoms with Gasteiger partial charge in [-0.25, -0.2) is 8.78 Å². The number of aromatic amines is 1. The fourth-order valence-electron chi connectivity index (χ4n) is 2.71. The molecule has 11 heteroatoms. The maximum atomic E-state index is 13.3.